The number of likely N-dealkylation sites (tertiary alicyclic amines) is 1. The SMILES string of the molecule is COC(=O)N[C@H](C(=O)NN(Cc1c(F)cc(-c2nnc(C)o2)cc1F)C[C@@H](O)CNC(=O)[C@@H](NC(=O)OCCc1ccc(C#Cc2ccc(N3C[C@H]4C[C@@H]3CN4C3COC3)nc2)cc1)C(C)(C)C(F)(F)F)C(C)(C)C(F)(F)F. The lowest BCUT2D eigenvalue weighted by Crippen LogP contribution is -2.62. The fourth-order valence-corrected chi connectivity index (χ4v) is 8.93. The highest BCUT2D eigenvalue weighted by atomic mass is 19.4. The van der Waals surface area contributed by atoms with Crippen molar-refractivity contribution in [2.45, 2.75) is 103 Å². The largest absolute Gasteiger partial charge is 0.453 e. The molecule has 0 unspecified atom stereocenters. The van der Waals surface area contributed by atoms with Crippen LogP contribution in [0.4, 0.5) is 50.5 Å². The number of aliphatic hydroxyl groups excluding tert-OH is 1. The van der Waals surface area contributed by atoms with E-state index < -0.39 is 102 Å². The van der Waals surface area contributed by atoms with Crippen LogP contribution in [0.3, 0.4) is 0 Å². The smallest absolute Gasteiger partial charge is 0.407 e. The van der Waals surface area contributed by atoms with Crippen molar-refractivity contribution >= 4 is 29.8 Å². The van der Waals surface area contributed by atoms with Gasteiger partial charge in [-0.15, -0.1) is 10.2 Å². The number of amides is 4. The summed E-state index contributed by atoms with van der Waals surface area (Å²) in [6, 6.07) is 8.86. The Balaban J connectivity index is 0.957. The molecular weight excluding hydrogens is 1050 g/mol. The van der Waals surface area contributed by atoms with E-state index in [4.69, 9.17) is 13.9 Å². The lowest BCUT2D eigenvalue weighted by atomic mass is 9.83. The molecule has 5 atom stereocenters. The lowest BCUT2D eigenvalue weighted by molar-refractivity contribution is -0.221. The first-order valence-electron chi connectivity index (χ1n) is 24.5. The molecule has 27 heteroatoms. The number of aliphatic hydroxyl groups is 1. The second kappa shape index (κ2) is 23.8. The number of aryl methyl sites for hydroxylation is 1. The Morgan fingerprint density at radius 2 is 1.45 bits per heavy atom. The van der Waals surface area contributed by atoms with Crippen LogP contribution in [0.25, 0.3) is 11.5 Å². The van der Waals surface area contributed by atoms with Gasteiger partial charge >= 0.3 is 24.5 Å². The molecule has 3 fully saturated rings. The summed E-state index contributed by atoms with van der Waals surface area (Å²) in [6.07, 6.45) is -12.2. The molecule has 422 valence electrons. The van der Waals surface area contributed by atoms with Gasteiger partial charge in [0.05, 0.1) is 49.9 Å². The third kappa shape index (κ3) is 13.7. The summed E-state index contributed by atoms with van der Waals surface area (Å²) in [5.74, 6) is 1.12. The van der Waals surface area contributed by atoms with Gasteiger partial charge in [0.1, 0.15) is 29.5 Å². The Kier molecular flexibility index (Phi) is 17.9. The number of rotatable bonds is 19. The van der Waals surface area contributed by atoms with Gasteiger partial charge in [0.15, 0.2) is 0 Å². The van der Waals surface area contributed by atoms with Gasteiger partial charge in [0, 0.05) is 86.6 Å². The number of aromatic nitrogens is 3. The molecule has 78 heavy (non-hydrogen) atoms. The van der Waals surface area contributed by atoms with E-state index in [9.17, 15) is 50.6 Å². The molecule has 0 spiro atoms. The third-order valence-electron chi connectivity index (χ3n) is 14.0. The molecule has 4 amide bonds. The lowest BCUT2D eigenvalue weighted by Gasteiger charge is -2.42. The van der Waals surface area contributed by atoms with Crippen LogP contribution >= 0.6 is 0 Å². The van der Waals surface area contributed by atoms with E-state index in [1.165, 1.54) is 6.92 Å². The predicted molar refractivity (Wildman–Crippen MR) is 260 cm³/mol. The van der Waals surface area contributed by atoms with E-state index in [2.05, 4.69) is 46.9 Å². The molecule has 19 nitrogen and oxygen atoms in total. The minimum atomic E-state index is -5.16. The number of carbonyl (C=O) groups is 4. The maximum absolute atomic E-state index is 15.6. The van der Waals surface area contributed by atoms with Crippen molar-refractivity contribution in [1.82, 2.24) is 46.5 Å². The van der Waals surface area contributed by atoms with Crippen molar-refractivity contribution in [2.75, 3.05) is 58.0 Å². The van der Waals surface area contributed by atoms with Gasteiger partial charge in [-0.05, 0) is 76.1 Å². The quantitative estimate of drug-likeness (QED) is 0.0455. The number of fused-ring (bicyclic) bond motifs is 2. The van der Waals surface area contributed by atoms with Crippen LogP contribution in [-0.4, -0.2) is 156 Å². The third-order valence-corrected chi connectivity index (χ3v) is 14.0. The first-order valence-corrected chi connectivity index (χ1v) is 24.5. The molecule has 5 heterocycles. The van der Waals surface area contributed by atoms with Crippen molar-refractivity contribution in [3.05, 3.63) is 94.5 Å². The van der Waals surface area contributed by atoms with E-state index >= 15 is 8.78 Å². The van der Waals surface area contributed by atoms with Gasteiger partial charge in [-0.1, -0.05) is 24.0 Å². The second-order valence-corrected chi connectivity index (χ2v) is 20.2. The number of hydrogen-bond acceptors (Lipinski definition) is 15. The first-order chi connectivity index (χ1) is 36.6. The van der Waals surface area contributed by atoms with Crippen LogP contribution in [0, 0.1) is 41.2 Å². The number of hydrazine groups is 1. The number of pyridine rings is 1. The van der Waals surface area contributed by atoms with E-state index in [1.807, 2.05) is 22.9 Å². The number of halogens is 8. The maximum atomic E-state index is 15.6. The summed E-state index contributed by atoms with van der Waals surface area (Å²) in [5.41, 5.74) is -3.02. The van der Waals surface area contributed by atoms with Gasteiger partial charge in [0.2, 0.25) is 17.7 Å². The topological polar surface area (TPSA) is 226 Å². The number of alkyl carbamates (subject to hydrolysis) is 2. The molecule has 0 radical (unpaired) electrons. The normalized spacial score (nSPS) is 18.1. The summed E-state index contributed by atoms with van der Waals surface area (Å²) >= 11 is 0. The number of alkyl halides is 6. The van der Waals surface area contributed by atoms with Gasteiger partial charge in [-0.25, -0.2) is 28.4 Å². The summed E-state index contributed by atoms with van der Waals surface area (Å²) in [5, 5.41) is 24.7. The molecule has 2 bridgehead atoms. The van der Waals surface area contributed by atoms with E-state index in [0.29, 0.717) is 67.5 Å². The van der Waals surface area contributed by atoms with Crippen molar-refractivity contribution in [1.29, 1.82) is 0 Å². The highest BCUT2D eigenvalue weighted by Crippen LogP contribution is 2.42. The number of ether oxygens (including phenoxy) is 3. The molecule has 5 N–H and O–H groups in total. The predicted octanol–water partition coefficient (Wildman–Crippen LogP) is 5.33. The zero-order valence-electron chi connectivity index (χ0n) is 43.2. The fraction of sp³-hybridized carbons (Fsp3) is 0.510. The maximum Gasteiger partial charge on any atom is 0.407 e. The van der Waals surface area contributed by atoms with E-state index in [1.54, 1.807) is 35.8 Å². The Bertz CT molecular complexity index is 2830. The molecule has 3 saturated heterocycles. The van der Waals surface area contributed by atoms with Crippen LogP contribution in [0.2, 0.25) is 0 Å². The average Bonchev–Trinajstić information content (AvgIpc) is 4.18. The zero-order valence-corrected chi connectivity index (χ0v) is 43.2. The number of methoxy groups -OCH3 is 1. The van der Waals surface area contributed by atoms with E-state index in [-0.39, 0.29) is 30.4 Å². The molecule has 0 aliphatic carbocycles. The Morgan fingerprint density at radius 3 is 1.99 bits per heavy atom. The molecule has 7 rings (SSSR count). The highest BCUT2D eigenvalue weighted by Gasteiger charge is 2.57. The number of nitrogens with one attached hydrogen (secondary N) is 4. The zero-order chi connectivity index (χ0) is 56.9. The summed E-state index contributed by atoms with van der Waals surface area (Å²) in [7, 11) is 0.805. The number of carbonyl (C=O) groups excluding carboxylic acids is 4. The number of anilines is 1. The van der Waals surface area contributed by atoms with Gasteiger partial charge in [-0.2, -0.15) is 26.3 Å². The Morgan fingerprint density at radius 1 is 0.833 bits per heavy atom. The van der Waals surface area contributed by atoms with E-state index in [0.717, 1.165) is 57.8 Å². The molecule has 2 aromatic heterocycles. The van der Waals surface area contributed by atoms with Crippen molar-refractivity contribution in [3.63, 3.8) is 0 Å². The highest BCUT2D eigenvalue weighted by molar-refractivity contribution is 5.87. The summed E-state index contributed by atoms with van der Waals surface area (Å²) in [6.45, 7) is 3.94. The Labute approximate surface area is 442 Å². The first kappa shape index (κ1) is 58.5. The molecule has 3 aliphatic rings. The minimum absolute atomic E-state index is 0.0500. The standard InChI is InChI=1S/C51H58F8N10O9/c1-28-64-65-45(78-28)32-17-38(52)37(39(53)18-32)25-67(66-44(72)42(62-46(73)75-6)49(4,5)51(57,58)59)24-36(70)21-61-43(71)41(48(2,3)50(54,55)56)63-47(74)77-16-15-30-9-7-29(8-10-30)11-12-31-13-14-40(60-20-31)69-23-33-19-34(69)22-68(33)35-26-76-27-35/h7-10,13-14,17-18,20,33-36,41-42,70H,15-16,19,21-27H2,1-6H3,(H,61,71)(H,62,73)(H,63,74)(H,66,72)/t33-,34-,36+,41-,42-/m1/s1. The van der Waals surface area contributed by atoms with Crippen LogP contribution in [0.15, 0.2) is 59.1 Å². The Hall–Kier alpha value is -7.15. The molecule has 3 aliphatic heterocycles. The second-order valence-electron chi connectivity index (χ2n) is 20.2. The summed E-state index contributed by atoms with van der Waals surface area (Å²) in [4.78, 5) is 61.8. The molecule has 2 aromatic carbocycles. The molecular formula is C51H58F8N10O9. The van der Waals surface area contributed by atoms with Crippen LogP contribution < -0.4 is 26.3 Å². The van der Waals surface area contributed by atoms with Crippen LogP contribution in [0.5, 0.6) is 0 Å². The fourth-order valence-electron chi connectivity index (χ4n) is 8.93. The molecule has 0 saturated carbocycles. The number of piperazine rings is 1. The van der Waals surface area contributed by atoms with Crippen molar-refractivity contribution in [2.24, 2.45) is 10.8 Å². The van der Waals surface area contributed by atoms with Crippen molar-refractivity contribution < 1.29 is 78.0 Å². The van der Waals surface area contributed by atoms with Crippen LogP contribution in [0.1, 0.15) is 62.3 Å². The number of benzene rings is 2. The summed E-state index contributed by atoms with van der Waals surface area (Å²) < 4.78 is 137. The number of hydrogen-bond donors (Lipinski definition) is 5. The minimum Gasteiger partial charge on any atom is -0.453 e. The van der Waals surface area contributed by atoms with Gasteiger partial charge in [-0.3, -0.25) is 19.9 Å². The van der Waals surface area contributed by atoms with Gasteiger partial charge < -0.3 is 44.6 Å². The average molecular weight is 1110 g/mol. The van der Waals surface area contributed by atoms with Crippen LogP contribution in [-0.2, 0) is 36.8 Å². The number of nitrogens with zero attached hydrogens (tertiary/aromatic N) is 6. The monoisotopic (exact) mass is 1110 g/mol. The van der Waals surface area contributed by atoms with Gasteiger partial charge in [0.25, 0.3) is 5.91 Å². The van der Waals surface area contributed by atoms with Crippen molar-refractivity contribution in [3.8, 4) is 23.3 Å². The molecule has 4 aromatic rings.